The van der Waals surface area contributed by atoms with E-state index in [1.807, 2.05) is 0 Å². The Hall–Kier alpha value is -1.00. The molecule has 0 atom stereocenters. The largest absolute Gasteiger partial charge is 0.381 e. The lowest BCUT2D eigenvalue weighted by Crippen LogP contribution is -2.17. The SMILES string of the molecule is Fc1cccc(CNCCCOCC2CC2)c1F. The molecule has 1 aliphatic rings. The highest BCUT2D eigenvalue weighted by molar-refractivity contribution is 5.18. The lowest BCUT2D eigenvalue weighted by Gasteiger charge is -2.07. The van der Waals surface area contributed by atoms with Crippen LogP contribution in [-0.2, 0) is 11.3 Å². The quantitative estimate of drug-likeness (QED) is 0.721. The van der Waals surface area contributed by atoms with Crippen LogP contribution in [0.5, 0.6) is 0 Å². The van der Waals surface area contributed by atoms with Gasteiger partial charge in [0.15, 0.2) is 11.6 Å². The van der Waals surface area contributed by atoms with Gasteiger partial charge in [-0.25, -0.2) is 8.78 Å². The summed E-state index contributed by atoms with van der Waals surface area (Å²) in [6.07, 6.45) is 3.50. The van der Waals surface area contributed by atoms with Gasteiger partial charge in [0.05, 0.1) is 0 Å². The number of hydrogen-bond acceptors (Lipinski definition) is 2. The Morgan fingerprint density at radius 2 is 2.11 bits per heavy atom. The Labute approximate surface area is 106 Å². The molecule has 0 spiro atoms. The summed E-state index contributed by atoms with van der Waals surface area (Å²) in [4.78, 5) is 0. The molecule has 4 heteroatoms. The number of hydrogen-bond donors (Lipinski definition) is 1. The van der Waals surface area contributed by atoms with Gasteiger partial charge in [0, 0.05) is 25.3 Å². The van der Waals surface area contributed by atoms with Gasteiger partial charge in [0.25, 0.3) is 0 Å². The Bertz CT molecular complexity index is 380. The third kappa shape index (κ3) is 4.35. The Kier molecular flexibility index (Phi) is 5.08. The number of benzene rings is 1. The van der Waals surface area contributed by atoms with Crippen molar-refractivity contribution in [3.8, 4) is 0 Å². The fourth-order valence-electron chi connectivity index (χ4n) is 1.74. The molecule has 1 aliphatic carbocycles. The smallest absolute Gasteiger partial charge is 0.163 e. The van der Waals surface area contributed by atoms with Crippen molar-refractivity contribution < 1.29 is 13.5 Å². The molecule has 18 heavy (non-hydrogen) atoms. The number of halogens is 2. The highest BCUT2D eigenvalue weighted by atomic mass is 19.2. The van der Waals surface area contributed by atoms with Crippen LogP contribution in [0.3, 0.4) is 0 Å². The van der Waals surface area contributed by atoms with E-state index < -0.39 is 11.6 Å². The molecular weight excluding hydrogens is 236 g/mol. The van der Waals surface area contributed by atoms with Crippen molar-refractivity contribution in [1.29, 1.82) is 0 Å². The average molecular weight is 255 g/mol. The molecule has 0 heterocycles. The van der Waals surface area contributed by atoms with Crippen LogP contribution in [0.25, 0.3) is 0 Å². The maximum Gasteiger partial charge on any atom is 0.163 e. The Morgan fingerprint density at radius 3 is 2.89 bits per heavy atom. The van der Waals surface area contributed by atoms with Crippen molar-refractivity contribution >= 4 is 0 Å². The second-order valence-corrected chi connectivity index (χ2v) is 4.76. The summed E-state index contributed by atoms with van der Waals surface area (Å²) in [5, 5.41) is 3.09. The number of nitrogens with one attached hydrogen (secondary N) is 1. The van der Waals surface area contributed by atoms with E-state index in [1.165, 1.54) is 18.9 Å². The van der Waals surface area contributed by atoms with Gasteiger partial charge in [-0.05, 0) is 37.8 Å². The first kappa shape index (κ1) is 13.4. The zero-order valence-electron chi connectivity index (χ0n) is 10.4. The summed E-state index contributed by atoms with van der Waals surface area (Å²) in [6.45, 7) is 2.71. The van der Waals surface area contributed by atoms with E-state index >= 15 is 0 Å². The topological polar surface area (TPSA) is 21.3 Å². The Balaban J connectivity index is 1.55. The van der Waals surface area contributed by atoms with Crippen LogP contribution < -0.4 is 5.32 Å². The first-order valence-electron chi connectivity index (χ1n) is 6.48. The van der Waals surface area contributed by atoms with E-state index in [0.717, 1.165) is 38.2 Å². The van der Waals surface area contributed by atoms with Gasteiger partial charge in [-0.1, -0.05) is 12.1 Å². The molecule has 1 saturated carbocycles. The van der Waals surface area contributed by atoms with Crippen molar-refractivity contribution in [3.63, 3.8) is 0 Å². The molecule has 2 nitrogen and oxygen atoms in total. The van der Waals surface area contributed by atoms with Gasteiger partial charge >= 0.3 is 0 Å². The summed E-state index contributed by atoms with van der Waals surface area (Å²) in [5.74, 6) is -0.753. The fourth-order valence-corrected chi connectivity index (χ4v) is 1.74. The van der Waals surface area contributed by atoms with Gasteiger partial charge in [-0.3, -0.25) is 0 Å². The molecule has 0 aromatic heterocycles. The highest BCUT2D eigenvalue weighted by Crippen LogP contribution is 2.28. The van der Waals surface area contributed by atoms with E-state index in [9.17, 15) is 8.78 Å². The minimum atomic E-state index is -0.790. The second kappa shape index (κ2) is 6.81. The van der Waals surface area contributed by atoms with Gasteiger partial charge in [-0.15, -0.1) is 0 Å². The van der Waals surface area contributed by atoms with Gasteiger partial charge in [0.2, 0.25) is 0 Å². The molecule has 2 rings (SSSR count). The van der Waals surface area contributed by atoms with Crippen LogP contribution in [0.2, 0.25) is 0 Å². The standard InChI is InChI=1S/C14H19F2NO/c15-13-4-1-3-12(14(13)16)9-17-7-2-8-18-10-11-5-6-11/h1,3-4,11,17H,2,5-10H2. The van der Waals surface area contributed by atoms with Crippen LogP contribution in [-0.4, -0.2) is 19.8 Å². The van der Waals surface area contributed by atoms with E-state index in [1.54, 1.807) is 6.07 Å². The van der Waals surface area contributed by atoms with Crippen LogP contribution in [0.4, 0.5) is 8.78 Å². The van der Waals surface area contributed by atoms with Crippen molar-refractivity contribution in [2.45, 2.75) is 25.8 Å². The molecule has 0 radical (unpaired) electrons. The van der Waals surface area contributed by atoms with Crippen molar-refractivity contribution in [2.24, 2.45) is 5.92 Å². The molecule has 100 valence electrons. The number of rotatable bonds is 8. The minimum Gasteiger partial charge on any atom is -0.381 e. The zero-order valence-corrected chi connectivity index (χ0v) is 10.4. The number of ether oxygens (including phenoxy) is 1. The van der Waals surface area contributed by atoms with E-state index in [0.29, 0.717) is 12.1 Å². The van der Waals surface area contributed by atoms with Crippen LogP contribution in [0.15, 0.2) is 18.2 Å². The third-order valence-corrected chi connectivity index (χ3v) is 3.04. The van der Waals surface area contributed by atoms with Gasteiger partial charge in [0.1, 0.15) is 0 Å². The third-order valence-electron chi connectivity index (χ3n) is 3.04. The molecular formula is C14H19F2NO. The van der Waals surface area contributed by atoms with E-state index in [-0.39, 0.29) is 0 Å². The molecule has 1 N–H and O–H groups in total. The van der Waals surface area contributed by atoms with Gasteiger partial charge in [-0.2, -0.15) is 0 Å². The molecule has 0 aliphatic heterocycles. The summed E-state index contributed by atoms with van der Waals surface area (Å²) in [7, 11) is 0. The highest BCUT2D eigenvalue weighted by Gasteiger charge is 2.20. The van der Waals surface area contributed by atoms with E-state index in [4.69, 9.17) is 4.74 Å². The summed E-state index contributed by atoms with van der Waals surface area (Å²) in [5.41, 5.74) is 0.369. The molecule has 0 amide bonds. The fraction of sp³-hybridized carbons (Fsp3) is 0.571. The molecule has 1 aromatic carbocycles. The maximum atomic E-state index is 13.3. The first-order valence-corrected chi connectivity index (χ1v) is 6.48. The van der Waals surface area contributed by atoms with Crippen LogP contribution in [0, 0.1) is 17.6 Å². The second-order valence-electron chi connectivity index (χ2n) is 4.76. The van der Waals surface area contributed by atoms with E-state index in [2.05, 4.69) is 5.32 Å². The lowest BCUT2D eigenvalue weighted by atomic mass is 10.2. The predicted octanol–water partition coefficient (Wildman–Crippen LogP) is 2.87. The zero-order chi connectivity index (χ0) is 12.8. The van der Waals surface area contributed by atoms with Crippen molar-refractivity contribution in [3.05, 3.63) is 35.4 Å². The first-order chi connectivity index (χ1) is 8.77. The maximum absolute atomic E-state index is 13.3. The van der Waals surface area contributed by atoms with Crippen LogP contribution >= 0.6 is 0 Å². The molecule has 1 aromatic rings. The van der Waals surface area contributed by atoms with Crippen LogP contribution in [0.1, 0.15) is 24.8 Å². The van der Waals surface area contributed by atoms with Gasteiger partial charge < -0.3 is 10.1 Å². The van der Waals surface area contributed by atoms with Crippen molar-refractivity contribution in [1.82, 2.24) is 5.32 Å². The van der Waals surface area contributed by atoms with Crippen molar-refractivity contribution in [2.75, 3.05) is 19.8 Å². The summed E-state index contributed by atoms with van der Waals surface area (Å²) < 4.78 is 31.7. The molecule has 1 fully saturated rings. The lowest BCUT2D eigenvalue weighted by molar-refractivity contribution is 0.122. The molecule has 0 unspecified atom stereocenters. The Morgan fingerprint density at radius 1 is 1.28 bits per heavy atom. The summed E-state index contributed by atoms with van der Waals surface area (Å²) in [6, 6.07) is 4.24. The normalized spacial score (nSPS) is 15.0. The molecule has 0 saturated heterocycles. The average Bonchev–Trinajstić information content (AvgIpc) is 3.17. The predicted molar refractivity (Wildman–Crippen MR) is 66.2 cm³/mol. The molecule has 0 bridgehead atoms. The summed E-state index contributed by atoms with van der Waals surface area (Å²) >= 11 is 0. The minimum absolute atomic E-state index is 0.353. The monoisotopic (exact) mass is 255 g/mol.